The minimum absolute atomic E-state index is 0.0389. The summed E-state index contributed by atoms with van der Waals surface area (Å²) in [6, 6.07) is 8.96. The van der Waals surface area contributed by atoms with Gasteiger partial charge in [-0.15, -0.1) is 11.3 Å². The predicted molar refractivity (Wildman–Crippen MR) is 127 cm³/mol. The normalized spacial score (nSPS) is 17.7. The van der Waals surface area contributed by atoms with Gasteiger partial charge in [0.2, 0.25) is 5.91 Å². The second kappa shape index (κ2) is 10.0. The van der Waals surface area contributed by atoms with Gasteiger partial charge < -0.3 is 10.2 Å². The van der Waals surface area contributed by atoms with Crippen LogP contribution in [0.3, 0.4) is 0 Å². The molecule has 1 aromatic carbocycles. The molecule has 0 spiro atoms. The zero-order chi connectivity index (χ0) is 22.7. The Bertz CT molecular complexity index is 1050. The number of amides is 2. The van der Waals surface area contributed by atoms with Crippen molar-refractivity contribution in [3.8, 4) is 6.07 Å². The first-order valence-electron chi connectivity index (χ1n) is 11.1. The molecule has 2 heterocycles. The van der Waals surface area contributed by atoms with E-state index in [1.54, 1.807) is 40.5 Å². The molecule has 1 aromatic heterocycles. The van der Waals surface area contributed by atoms with Gasteiger partial charge in [0.25, 0.3) is 5.91 Å². The Kier molecular flexibility index (Phi) is 7.14. The number of halogens is 1. The van der Waals surface area contributed by atoms with Crippen molar-refractivity contribution < 1.29 is 9.59 Å². The first-order valence-corrected chi connectivity index (χ1v) is 12.3. The first-order chi connectivity index (χ1) is 15.5. The van der Waals surface area contributed by atoms with Crippen LogP contribution < -0.4 is 5.32 Å². The number of nitriles is 1. The fraction of sp³-hybridized carbons (Fsp3) is 0.458. The molecule has 0 saturated carbocycles. The molecular formula is C24H27ClN4O2S. The smallest absolute Gasteiger partial charge is 0.253 e. The maximum atomic E-state index is 13.0. The Hall–Kier alpha value is -2.40. The molecule has 2 aliphatic rings. The summed E-state index contributed by atoms with van der Waals surface area (Å²) < 4.78 is 0. The lowest BCUT2D eigenvalue weighted by Crippen LogP contribution is -2.54. The van der Waals surface area contributed by atoms with Crippen molar-refractivity contribution in [2.24, 2.45) is 0 Å². The minimum Gasteiger partial charge on any atom is -0.336 e. The van der Waals surface area contributed by atoms with Gasteiger partial charge in [-0.1, -0.05) is 24.1 Å². The fourth-order valence-electron chi connectivity index (χ4n) is 4.45. The van der Waals surface area contributed by atoms with Gasteiger partial charge in [-0.05, 0) is 56.4 Å². The quantitative estimate of drug-likeness (QED) is 0.675. The van der Waals surface area contributed by atoms with E-state index in [1.807, 2.05) is 6.92 Å². The number of carbonyl (C=O) groups excluding carboxylic acids is 2. The summed E-state index contributed by atoms with van der Waals surface area (Å²) in [4.78, 5) is 30.9. The van der Waals surface area contributed by atoms with Gasteiger partial charge >= 0.3 is 0 Å². The van der Waals surface area contributed by atoms with E-state index in [0.29, 0.717) is 47.3 Å². The van der Waals surface area contributed by atoms with Crippen LogP contribution in [-0.4, -0.2) is 53.8 Å². The van der Waals surface area contributed by atoms with Crippen molar-refractivity contribution >= 4 is 39.8 Å². The average Bonchev–Trinajstić information content (AvgIpc) is 2.96. The van der Waals surface area contributed by atoms with Crippen LogP contribution >= 0.6 is 22.9 Å². The molecule has 1 aliphatic heterocycles. The van der Waals surface area contributed by atoms with Gasteiger partial charge in [0, 0.05) is 41.6 Å². The molecule has 1 atom stereocenters. The number of nitrogens with one attached hydrogen (secondary N) is 1. The standard InChI is InChI=1S/C24H27ClN4O2S/c1-16(22(30)27-23-20(15-26)19-8-3-2-4-9-21(19)32-23)28-10-12-29(13-11-28)24(31)17-6-5-7-18(25)14-17/h5-7,14,16H,2-4,8-13H2,1H3,(H,27,30). The highest BCUT2D eigenvalue weighted by molar-refractivity contribution is 7.16. The lowest BCUT2D eigenvalue weighted by Gasteiger charge is -2.37. The molecule has 1 unspecified atom stereocenters. The number of benzene rings is 1. The largest absolute Gasteiger partial charge is 0.336 e. The van der Waals surface area contributed by atoms with Crippen molar-refractivity contribution in [1.82, 2.24) is 9.80 Å². The van der Waals surface area contributed by atoms with Crippen LogP contribution in [0, 0.1) is 11.3 Å². The summed E-state index contributed by atoms with van der Waals surface area (Å²) in [6.45, 7) is 4.23. The van der Waals surface area contributed by atoms with Crippen LogP contribution in [0.25, 0.3) is 0 Å². The average molecular weight is 471 g/mol. The van der Waals surface area contributed by atoms with Crippen molar-refractivity contribution in [3.05, 3.63) is 50.9 Å². The molecule has 2 aromatic rings. The number of fused-ring (bicyclic) bond motifs is 1. The number of thiophene rings is 1. The molecule has 32 heavy (non-hydrogen) atoms. The molecule has 6 nitrogen and oxygen atoms in total. The van der Waals surface area contributed by atoms with E-state index in [0.717, 1.165) is 31.2 Å². The molecular weight excluding hydrogens is 444 g/mol. The van der Waals surface area contributed by atoms with Crippen molar-refractivity contribution in [2.75, 3.05) is 31.5 Å². The topological polar surface area (TPSA) is 76.4 Å². The number of rotatable bonds is 4. The molecule has 0 radical (unpaired) electrons. The third-order valence-corrected chi connectivity index (χ3v) is 7.81. The van der Waals surface area contributed by atoms with Crippen LogP contribution in [-0.2, 0) is 17.6 Å². The number of hydrogen-bond donors (Lipinski definition) is 1. The zero-order valence-corrected chi connectivity index (χ0v) is 19.8. The summed E-state index contributed by atoms with van der Waals surface area (Å²) >= 11 is 7.57. The SMILES string of the molecule is CC(C(=O)Nc1sc2c(c1C#N)CCCCC2)N1CCN(C(=O)c2cccc(Cl)c2)CC1. The maximum absolute atomic E-state index is 13.0. The van der Waals surface area contributed by atoms with Gasteiger partial charge in [0.15, 0.2) is 0 Å². The van der Waals surface area contributed by atoms with Crippen LogP contribution in [0.15, 0.2) is 24.3 Å². The maximum Gasteiger partial charge on any atom is 0.253 e. The van der Waals surface area contributed by atoms with E-state index in [4.69, 9.17) is 11.6 Å². The highest BCUT2D eigenvalue weighted by atomic mass is 35.5. The van der Waals surface area contributed by atoms with Crippen LogP contribution in [0.2, 0.25) is 5.02 Å². The van der Waals surface area contributed by atoms with Gasteiger partial charge in [0.1, 0.15) is 11.1 Å². The predicted octanol–water partition coefficient (Wildman–Crippen LogP) is 4.33. The molecule has 1 aliphatic carbocycles. The molecule has 1 fully saturated rings. The monoisotopic (exact) mass is 470 g/mol. The minimum atomic E-state index is -0.341. The van der Waals surface area contributed by atoms with Crippen LogP contribution in [0.1, 0.15) is 52.5 Å². The van der Waals surface area contributed by atoms with Crippen LogP contribution in [0.5, 0.6) is 0 Å². The summed E-state index contributed by atoms with van der Waals surface area (Å²) in [5.41, 5.74) is 2.36. The van der Waals surface area contributed by atoms with Crippen molar-refractivity contribution in [2.45, 2.75) is 45.1 Å². The molecule has 8 heteroatoms. The number of nitrogens with zero attached hydrogens (tertiary/aromatic N) is 3. The van der Waals surface area contributed by atoms with Gasteiger partial charge in [-0.25, -0.2) is 0 Å². The fourth-order valence-corrected chi connectivity index (χ4v) is 5.88. The van der Waals surface area contributed by atoms with E-state index in [1.165, 1.54) is 11.3 Å². The summed E-state index contributed by atoms with van der Waals surface area (Å²) in [5, 5.41) is 13.9. The zero-order valence-electron chi connectivity index (χ0n) is 18.2. The highest BCUT2D eigenvalue weighted by Gasteiger charge is 2.29. The van der Waals surface area contributed by atoms with Gasteiger partial charge in [0.05, 0.1) is 11.6 Å². The van der Waals surface area contributed by atoms with Crippen molar-refractivity contribution in [1.29, 1.82) is 5.26 Å². The van der Waals surface area contributed by atoms with E-state index >= 15 is 0 Å². The number of piperazine rings is 1. The second-order valence-electron chi connectivity index (χ2n) is 8.38. The lowest BCUT2D eigenvalue weighted by atomic mass is 10.1. The third-order valence-electron chi connectivity index (χ3n) is 6.37. The highest BCUT2D eigenvalue weighted by Crippen LogP contribution is 2.37. The Morgan fingerprint density at radius 3 is 2.62 bits per heavy atom. The summed E-state index contributed by atoms with van der Waals surface area (Å²) in [5.74, 6) is -0.143. The molecule has 0 bridgehead atoms. The van der Waals surface area contributed by atoms with Gasteiger partial charge in [-0.2, -0.15) is 5.26 Å². The Labute approximate surface area is 197 Å². The van der Waals surface area contributed by atoms with E-state index in [9.17, 15) is 14.9 Å². The van der Waals surface area contributed by atoms with Crippen molar-refractivity contribution in [3.63, 3.8) is 0 Å². The van der Waals surface area contributed by atoms with E-state index in [2.05, 4.69) is 16.3 Å². The molecule has 2 amide bonds. The summed E-state index contributed by atoms with van der Waals surface area (Å²) in [7, 11) is 0. The first kappa shape index (κ1) is 22.8. The second-order valence-corrected chi connectivity index (χ2v) is 9.93. The number of hydrogen-bond acceptors (Lipinski definition) is 5. The molecule has 1 N–H and O–H groups in total. The molecule has 168 valence electrons. The lowest BCUT2D eigenvalue weighted by molar-refractivity contribution is -0.121. The number of anilines is 1. The van der Waals surface area contributed by atoms with Gasteiger partial charge in [-0.3, -0.25) is 14.5 Å². The van der Waals surface area contributed by atoms with Crippen LogP contribution in [0.4, 0.5) is 5.00 Å². The Morgan fingerprint density at radius 1 is 1.16 bits per heavy atom. The number of carbonyl (C=O) groups is 2. The summed E-state index contributed by atoms with van der Waals surface area (Å²) in [6.07, 6.45) is 5.34. The van der Waals surface area contributed by atoms with E-state index < -0.39 is 0 Å². The molecule has 1 saturated heterocycles. The molecule has 4 rings (SSSR count). The Morgan fingerprint density at radius 2 is 1.91 bits per heavy atom. The third kappa shape index (κ3) is 4.83. The van der Waals surface area contributed by atoms with E-state index in [-0.39, 0.29) is 17.9 Å². The number of aryl methyl sites for hydroxylation is 1. The Balaban J connectivity index is 1.37.